The van der Waals surface area contributed by atoms with E-state index >= 15 is 0 Å². The Labute approximate surface area is 108 Å². The van der Waals surface area contributed by atoms with Crippen LogP contribution >= 0.6 is 0 Å². The first-order chi connectivity index (χ1) is 8.68. The minimum Gasteiger partial charge on any atom is -0.491 e. The molecule has 0 saturated carbocycles. The Balaban J connectivity index is 2.15. The molecule has 1 saturated heterocycles. The summed E-state index contributed by atoms with van der Waals surface area (Å²) in [5, 5.41) is 13.8. The molecular formula is C14H22N2O2. The van der Waals surface area contributed by atoms with Gasteiger partial charge in [0.2, 0.25) is 0 Å². The normalized spacial score (nSPS) is 21.9. The van der Waals surface area contributed by atoms with Crippen molar-refractivity contribution in [1.82, 2.24) is 10.3 Å². The topological polar surface area (TPSA) is 54.4 Å². The van der Waals surface area contributed by atoms with Gasteiger partial charge in [0.25, 0.3) is 0 Å². The van der Waals surface area contributed by atoms with E-state index in [1.807, 2.05) is 19.9 Å². The molecule has 2 atom stereocenters. The van der Waals surface area contributed by atoms with Crippen molar-refractivity contribution in [3.05, 3.63) is 24.0 Å². The molecule has 2 N–H and O–H groups in total. The van der Waals surface area contributed by atoms with Gasteiger partial charge in [-0.25, -0.2) is 0 Å². The SMILES string of the molecule is CC(C)Oc1ccncc1C(O)[C@H]1CCCCN1. The molecule has 1 aromatic heterocycles. The third-order valence-electron chi connectivity index (χ3n) is 3.22. The van der Waals surface area contributed by atoms with Crippen LogP contribution in [0, 0.1) is 0 Å². The third-order valence-corrected chi connectivity index (χ3v) is 3.22. The number of ether oxygens (including phenoxy) is 1. The van der Waals surface area contributed by atoms with Crippen molar-refractivity contribution >= 4 is 0 Å². The van der Waals surface area contributed by atoms with Crippen molar-refractivity contribution in [2.75, 3.05) is 6.54 Å². The highest BCUT2D eigenvalue weighted by molar-refractivity contribution is 5.33. The highest BCUT2D eigenvalue weighted by Crippen LogP contribution is 2.29. The van der Waals surface area contributed by atoms with Gasteiger partial charge in [0, 0.05) is 24.0 Å². The van der Waals surface area contributed by atoms with E-state index in [4.69, 9.17) is 4.74 Å². The van der Waals surface area contributed by atoms with Gasteiger partial charge in [-0.05, 0) is 39.3 Å². The Morgan fingerprint density at radius 1 is 1.44 bits per heavy atom. The fourth-order valence-corrected chi connectivity index (χ4v) is 2.34. The number of hydrogen-bond acceptors (Lipinski definition) is 4. The van der Waals surface area contributed by atoms with Crippen LogP contribution in [-0.4, -0.2) is 28.8 Å². The molecule has 100 valence electrons. The van der Waals surface area contributed by atoms with Gasteiger partial charge in [0.1, 0.15) is 5.75 Å². The summed E-state index contributed by atoms with van der Waals surface area (Å²) in [5.74, 6) is 0.736. The molecule has 2 heterocycles. The molecule has 18 heavy (non-hydrogen) atoms. The van der Waals surface area contributed by atoms with Gasteiger partial charge < -0.3 is 15.2 Å². The second-order valence-corrected chi connectivity index (χ2v) is 5.08. The lowest BCUT2D eigenvalue weighted by molar-refractivity contribution is 0.107. The van der Waals surface area contributed by atoms with Crippen molar-refractivity contribution in [2.45, 2.75) is 51.4 Å². The summed E-state index contributed by atoms with van der Waals surface area (Å²) in [7, 11) is 0. The zero-order chi connectivity index (χ0) is 13.0. The van der Waals surface area contributed by atoms with Gasteiger partial charge in [0.15, 0.2) is 0 Å². The van der Waals surface area contributed by atoms with Crippen molar-refractivity contribution < 1.29 is 9.84 Å². The maximum Gasteiger partial charge on any atom is 0.128 e. The Bertz CT molecular complexity index is 376. The molecule has 4 nitrogen and oxygen atoms in total. The molecule has 1 unspecified atom stereocenters. The predicted octanol–water partition coefficient (Wildman–Crippen LogP) is 2.04. The summed E-state index contributed by atoms with van der Waals surface area (Å²) in [6.07, 6.45) is 6.30. The number of rotatable bonds is 4. The Hall–Kier alpha value is -1.13. The maximum atomic E-state index is 10.5. The fourth-order valence-electron chi connectivity index (χ4n) is 2.34. The summed E-state index contributed by atoms with van der Waals surface area (Å²) in [4.78, 5) is 4.10. The van der Waals surface area contributed by atoms with E-state index in [-0.39, 0.29) is 12.1 Å². The van der Waals surface area contributed by atoms with Crippen molar-refractivity contribution in [2.24, 2.45) is 0 Å². The van der Waals surface area contributed by atoms with E-state index in [1.165, 1.54) is 6.42 Å². The van der Waals surface area contributed by atoms with Crippen LogP contribution in [0.2, 0.25) is 0 Å². The Kier molecular flexibility index (Phi) is 4.55. The molecule has 0 amide bonds. The number of aliphatic hydroxyl groups is 1. The summed E-state index contributed by atoms with van der Waals surface area (Å²) in [5.41, 5.74) is 0.783. The number of aliphatic hydroxyl groups excluding tert-OH is 1. The van der Waals surface area contributed by atoms with Crippen molar-refractivity contribution in [1.29, 1.82) is 0 Å². The van der Waals surface area contributed by atoms with Crippen LogP contribution in [-0.2, 0) is 0 Å². The van der Waals surface area contributed by atoms with Crippen LogP contribution in [0.25, 0.3) is 0 Å². The predicted molar refractivity (Wildman–Crippen MR) is 70.6 cm³/mol. The molecule has 0 aliphatic carbocycles. The van der Waals surface area contributed by atoms with Crippen molar-refractivity contribution in [3.8, 4) is 5.75 Å². The zero-order valence-corrected chi connectivity index (χ0v) is 11.1. The number of nitrogens with zero attached hydrogens (tertiary/aromatic N) is 1. The Morgan fingerprint density at radius 3 is 2.94 bits per heavy atom. The van der Waals surface area contributed by atoms with Crippen LogP contribution < -0.4 is 10.1 Å². The van der Waals surface area contributed by atoms with Crippen molar-refractivity contribution in [3.63, 3.8) is 0 Å². The number of piperidine rings is 1. The lowest BCUT2D eigenvalue weighted by atomic mass is 9.95. The van der Waals surface area contributed by atoms with Gasteiger partial charge in [-0.1, -0.05) is 6.42 Å². The van der Waals surface area contributed by atoms with Gasteiger partial charge in [-0.15, -0.1) is 0 Å². The monoisotopic (exact) mass is 250 g/mol. The number of aromatic nitrogens is 1. The quantitative estimate of drug-likeness (QED) is 0.858. The largest absolute Gasteiger partial charge is 0.491 e. The van der Waals surface area contributed by atoms with E-state index in [0.29, 0.717) is 0 Å². The van der Waals surface area contributed by atoms with E-state index in [9.17, 15) is 5.11 Å². The van der Waals surface area contributed by atoms with Crippen LogP contribution in [0.5, 0.6) is 5.75 Å². The molecule has 1 aromatic rings. The summed E-state index contributed by atoms with van der Waals surface area (Å²) >= 11 is 0. The summed E-state index contributed by atoms with van der Waals surface area (Å²) in [6, 6.07) is 1.93. The number of pyridine rings is 1. The maximum absolute atomic E-state index is 10.5. The second-order valence-electron chi connectivity index (χ2n) is 5.08. The average Bonchev–Trinajstić information content (AvgIpc) is 2.39. The van der Waals surface area contributed by atoms with E-state index < -0.39 is 6.10 Å². The standard InChI is InChI=1S/C14H22N2O2/c1-10(2)18-13-6-8-15-9-11(13)14(17)12-5-3-4-7-16-12/h6,8-10,12,14,16-17H,3-5,7H2,1-2H3/t12-,14?/m1/s1. The fraction of sp³-hybridized carbons (Fsp3) is 0.643. The van der Waals surface area contributed by atoms with E-state index in [0.717, 1.165) is 30.7 Å². The molecule has 0 radical (unpaired) electrons. The summed E-state index contributed by atoms with van der Waals surface area (Å²) in [6.45, 7) is 4.94. The molecule has 0 aromatic carbocycles. The van der Waals surface area contributed by atoms with E-state index in [1.54, 1.807) is 12.4 Å². The van der Waals surface area contributed by atoms with E-state index in [2.05, 4.69) is 10.3 Å². The van der Waals surface area contributed by atoms with Crippen LogP contribution in [0.15, 0.2) is 18.5 Å². The first-order valence-corrected chi connectivity index (χ1v) is 6.70. The molecule has 1 aliphatic heterocycles. The first-order valence-electron chi connectivity index (χ1n) is 6.70. The summed E-state index contributed by atoms with van der Waals surface area (Å²) < 4.78 is 5.73. The third kappa shape index (κ3) is 3.21. The number of nitrogens with one attached hydrogen (secondary N) is 1. The lowest BCUT2D eigenvalue weighted by Crippen LogP contribution is -2.39. The van der Waals surface area contributed by atoms with Gasteiger partial charge in [-0.2, -0.15) is 0 Å². The zero-order valence-electron chi connectivity index (χ0n) is 11.1. The molecule has 0 spiro atoms. The minimum atomic E-state index is -0.548. The lowest BCUT2D eigenvalue weighted by Gasteiger charge is -2.29. The number of hydrogen-bond donors (Lipinski definition) is 2. The first kappa shape index (κ1) is 13.3. The smallest absolute Gasteiger partial charge is 0.128 e. The highest BCUT2D eigenvalue weighted by atomic mass is 16.5. The minimum absolute atomic E-state index is 0.0951. The van der Waals surface area contributed by atoms with Crippen LogP contribution in [0.1, 0.15) is 44.8 Å². The molecule has 0 bridgehead atoms. The average molecular weight is 250 g/mol. The Morgan fingerprint density at radius 2 is 2.28 bits per heavy atom. The highest BCUT2D eigenvalue weighted by Gasteiger charge is 2.25. The second kappa shape index (κ2) is 6.16. The molecular weight excluding hydrogens is 228 g/mol. The van der Waals surface area contributed by atoms with Gasteiger partial charge >= 0.3 is 0 Å². The molecule has 2 rings (SSSR count). The van der Waals surface area contributed by atoms with Crippen LogP contribution in [0.3, 0.4) is 0 Å². The molecule has 1 aliphatic rings. The van der Waals surface area contributed by atoms with Gasteiger partial charge in [-0.3, -0.25) is 4.98 Å². The van der Waals surface area contributed by atoms with Crippen LogP contribution in [0.4, 0.5) is 0 Å². The molecule has 1 fully saturated rings. The van der Waals surface area contributed by atoms with Gasteiger partial charge in [0.05, 0.1) is 12.2 Å². The molecule has 4 heteroatoms.